The number of carbonyl (C=O) groups is 1. The first-order valence-corrected chi connectivity index (χ1v) is 6.90. The van der Waals surface area contributed by atoms with Crippen LogP contribution in [0.5, 0.6) is 0 Å². The predicted octanol–water partition coefficient (Wildman–Crippen LogP) is 1.32. The molecule has 2 rings (SSSR count). The summed E-state index contributed by atoms with van der Waals surface area (Å²) in [6, 6.07) is 10.4. The average Bonchev–Trinajstić information content (AvgIpc) is 3.23. The second-order valence-electron chi connectivity index (χ2n) is 5.13. The van der Waals surface area contributed by atoms with E-state index in [-0.39, 0.29) is 18.6 Å². The van der Waals surface area contributed by atoms with Crippen LogP contribution in [0.25, 0.3) is 0 Å². The number of nitrogens with one attached hydrogen (secondary N) is 1. The Morgan fingerprint density at radius 3 is 2.68 bits per heavy atom. The highest BCUT2D eigenvalue weighted by Crippen LogP contribution is 2.26. The van der Waals surface area contributed by atoms with Crippen LogP contribution in [-0.2, 0) is 4.79 Å². The van der Waals surface area contributed by atoms with Crippen molar-refractivity contribution in [3.63, 3.8) is 0 Å². The summed E-state index contributed by atoms with van der Waals surface area (Å²) < 4.78 is 0. The maximum atomic E-state index is 12.0. The quantitative estimate of drug-likeness (QED) is 0.779. The molecule has 0 spiro atoms. The van der Waals surface area contributed by atoms with E-state index in [0.29, 0.717) is 19.1 Å². The summed E-state index contributed by atoms with van der Waals surface area (Å²) in [7, 11) is 0. The van der Waals surface area contributed by atoms with E-state index in [4.69, 9.17) is 5.11 Å². The standard InChI is InChI=1S/C15H22N2O2/c1-12(13-5-3-2-4-6-13)16-15(19)11-17(9-10-18)14-7-8-14/h2-6,12,14,18H,7-11H2,1H3,(H,16,19). The van der Waals surface area contributed by atoms with Gasteiger partial charge in [0.2, 0.25) is 5.91 Å². The van der Waals surface area contributed by atoms with Crippen LogP contribution >= 0.6 is 0 Å². The van der Waals surface area contributed by atoms with Crippen molar-refractivity contribution in [2.45, 2.75) is 31.8 Å². The van der Waals surface area contributed by atoms with Crippen molar-refractivity contribution < 1.29 is 9.90 Å². The van der Waals surface area contributed by atoms with Gasteiger partial charge in [-0.05, 0) is 25.3 Å². The highest BCUT2D eigenvalue weighted by molar-refractivity contribution is 5.78. The van der Waals surface area contributed by atoms with Crippen molar-refractivity contribution in [2.75, 3.05) is 19.7 Å². The Hall–Kier alpha value is -1.39. The number of hydrogen-bond acceptors (Lipinski definition) is 3. The van der Waals surface area contributed by atoms with Crippen molar-refractivity contribution in [2.24, 2.45) is 0 Å². The first kappa shape index (κ1) is 14.0. The van der Waals surface area contributed by atoms with Crippen LogP contribution in [0.1, 0.15) is 31.4 Å². The molecule has 1 saturated carbocycles. The fourth-order valence-corrected chi connectivity index (χ4v) is 2.26. The molecular formula is C15H22N2O2. The highest BCUT2D eigenvalue weighted by atomic mass is 16.3. The van der Waals surface area contributed by atoms with Gasteiger partial charge in [-0.25, -0.2) is 0 Å². The van der Waals surface area contributed by atoms with Gasteiger partial charge in [-0.3, -0.25) is 9.69 Å². The Bertz CT molecular complexity index is 404. The molecule has 2 N–H and O–H groups in total. The first-order valence-electron chi connectivity index (χ1n) is 6.90. The fraction of sp³-hybridized carbons (Fsp3) is 0.533. The molecule has 104 valence electrons. The van der Waals surface area contributed by atoms with E-state index in [1.807, 2.05) is 37.3 Å². The molecule has 1 aliphatic rings. The van der Waals surface area contributed by atoms with Crippen LogP contribution in [0.2, 0.25) is 0 Å². The lowest BCUT2D eigenvalue weighted by Gasteiger charge is -2.22. The largest absolute Gasteiger partial charge is 0.395 e. The number of benzene rings is 1. The molecular weight excluding hydrogens is 240 g/mol. The SMILES string of the molecule is CC(NC(=O)CN(CCO)C1CC1)c1ccccc1. The van der Waals surface area contributed by atoms with Crippen molar-refractivity contribution in [3.05, 3.63) is 35.9 Å². The van der Waals surface area contributed by atoms with E-state index >= 15 is 0 Å². The van der Waals surface area contributed by atoms with Gasteiger partial charge in [0, 0.05) is 12.6 Å². The van der Waals surface area contributed by atoms with E-state index in [0.717, 1.165) is 18.4 Å². The van der Waals surface area contributed by atoms with Crippen LogP contribution < -0.4 is 5.32 Å². The molecule has 1 amide bonds. The number of amides is 1. The minimum Gasteiger partial charge on any atom is -0.395 e. The van der Waals surface area contributed by atoms with Gasteiger partial charge in [0.15, 0.2) is 0 Å². The maximum absolute atomic E-state index is 12.0. The van der Waals surface area contributed by atoms with Gasteiger partial charge in [-0.15, -0.1) is 0 Å². The number of carbonyl (C=O) groups excluding carboxylic acids is 1. The number of rotatable bonds is 7. The average molecular weight is 262 g/mol. The summed E-state index contributed by atoms with van der Waals surface area (Å²) in [5.74, 6) is 0.0247. The molecule has 1 aromatic rings. The molecule has 0 aliphatic heterocycles. The zero-order valence-electron chi connectivity index (χ0n) is 11.4. The molecule has 0 bridgehead atoms. The highest BCUT2D eigenvalue weighted by Gasteiger charge is 2.29. The Morgan fingerprint density at radius 2 is 2.11 bits per heavy atom. The molecule has 1 atom stereocenters. The zero-order valence-corrected chi connectivity index (χ0v) is 11.4. The van der Waals surface area contributed by atoms with Crippen LogP contribution in [0.15, 0.2) is 30.3 Å². The van der Waals surface area contributed by atoms with Crippen molar-refractivity contribution in [1.82, 2.24) is 10.2 Å². The van der Waals surface area contributed by atoms with Crippen molar-refractivity contribution in [3.8, 4) is 0 Å². The molecule has 1 fully saturated rings. The van der Waals surface area contributed by atoms with E-state index in [1.54, 1.807) is 0 Å². The van der Waals surface area contributed by atoms with Crippen LogP contribution in [-0.4, -0.2) is 41.7 Å². The Balaban J connectivity index is 1.83. The lowest BCUT2D eigenvalue weighted by molar-refractivity contribution is -0.123. The van der Waals surface area contributed by atoms with Gasteiger partial charge in [0.05, 0.1) is 19.2 Å². The lowest BCUT2D eigenvalue weighted by atomic mass is 10.1. The molecule has 0 saturated heterocycles. The maximum Gasteiger partial charge on any atom is 0.234 e. The second kappa shape index (κ2) is 6.68. The number of nitrogens with zero attached hydrogens (tertiary/aromatic N) is 1. The molecule has 0 aromatic heterocycles. The third-order valence-electron chi connectivity index (χ3n) is 3.47. The monoisotopic (exact) mass is 262 g/mol. The topological polar surface area (TPSA) is 52.6 Å². The summed E-state index contributed by atoms with van der Waals surface area (Å²) in [6.45, 7) is 3.05. The van der Waals surface area contributed by atoms with Crippen LogP contribution in [0.4, 0.5) is 0 Å². The predicted molar refractivity (Wildman–Crippen MR) is 74.7 cm³/mol. The van der Waals surface area contributed by atoms with Gasteiger partial charge in [0.1, 0.15) is 0 Å². The molecule has 1 aliphatic carbocycles. The third kappa shape index (κ3) is 4.33. The molecule has 0 heterocycles. The van der Waals surface area contributed by atoms with Crippen LogP contribution in [0.3, 0.4) is 0 Å². The Kier molecular flexibility index (Phi) is 4.93. The van der Waals surface area contributed by atoms with E-state index in [1.165, 1.54) is 0 Å². The Labute approximate surface area is 114 Å². The summed E-state index contributed by atoms with van der Waals surface area (Å²) in [5, 5.41) is 12.0. The third-order valence-corrected chi connectivity index (χ3v) is 3.47. The zero-order chi connectivity index (χ0) is 13.7. The van der Waals surface area contributed by atoms with Gasteiger partial charge >= 0.3 is 0 Å². The normalized spacial score (nSPS) is 16.4. The minimum atomic E-state index is 0.0175. The van der Waals surface area contributed by atoms with Gasteiger partial charge < -0.3 is 10.4 Å². The Morgan fingerprint density at radius 1 is 1.42 bits per heavy atom. The van der Waals surface area contributed by atoms with Crippen molar-refractivity contribution >= 4 is 5.91 Å². The molecule has 1 aromatic carbocycles. The van der Waals surface area contributed by atoms with Crippen molar-refractivity contribution in [1.29, 1.82) is 0 Å². The summed E-state index contributed by atoms with van der Waals surface area (Å²) in [4.78, 5) is 14.1. The van der Waals surface area contributed by atoms with E-state index in [2.05, 4.69) is 10.2 Å². The van der Waals surface area contributed by atoms with E-state index in [9.17, 15) is 4.79 Å². The summed E-state index contributed by atoms with van der Waals surface area (Å²) in [6.07, 6.45) is 2.28. The van der Waals surface area contributed by atoms with Gasteiger partial charge in [-0.2, -0.15) is 0 Å². The van der Waals surface area contributed by atoms with Gasteiger partial charge in [-0.1, -0.05) is 30.3 Å². The number of aliphatic hydroxyl groups is 1. The molecule has 0 radical (unpaired) electrons. The first-order chi connectivity index (χ1) is 9.20. The molecule has 4 heteroatoms. The van der Waals surface area contributed by atoms with Gasteiger partial charge in [0.25, 0.3) is 0 Å². The smallest absolute Gasteiger partial charge is 0.234 e. The van der Waals surface area contributed by atoms with E-state index < -0.39 is 0 Å². The minimum absolute atomic E-state index is 0.0175. The summed E-state index contributed by atoms with van der Waals surface area (Å²) in [5.41, 5.74) is 1.11. The molecule has 19 heavy (non-hydrogen) atoms. The number of aliphatic hydroxyl groups excluding tert-OH is 1. The summed E-state index contributed by atoms with van der Waals surface area (Å²) >= 11 is 0. The fourth-order valence-electron chi connectivity index (χ4n) is 2.26. The molecule has 1 unspecified atom stereocenters. The lowest BCUT2D eigenvalue weighted by Crippen LogP contribution is -2.40. The molecule has 4 nitrogen and oxygen atoms in total. The number of hydrogen-bond donors (Lipinski definition) is 2. The second-order valence-corrected chi connectivity index (χ2v) is 5.13. The van der Waals surface area contributed by atoms with Crippen LogP contribution in [0, 0.1) is 0 Å².